The first-order valence-electron chi connectivity index (χ1n) is 7.15. The molecule has 0 aliphatic carbocycles. The van der Waals surface area contributed by atoms with Crippen LogP contribution in [-0.4, -0.2) is 36.7 Å². The van der Waals surface area contributed by atoms with Crippen molar-refractivity contribution in [1.29, 1.82) is 0 Å². The third-order valence-corrected chi connectivity index (χ3v) is 3.58. The number of hydrogen-bond acceptors (Lipinski definition) is 2. The molecule has 19 heavy (non-hydrogen) atoms. The number of likely N-dealkylation sites (tertiary alicyclic amines) is 1. The number of benzene rings is 1. The van der Waals surface area contributed by atoms with Gasteiger partial charge in [-0.2, -0.15) is 0 Å². The van der Waals surface area contributed by atoms with E-state index in [0.29, 0.717) is 18.7 Å². The number of ether oxygens (including phenoxy) is 1. The molecule has 1 heterocycles. The van der Waals surface area contributed by atoms with Crippen molar-refractivity contribution in [3.05, 3.63) is 35.9 Å². The maximum Gasteiger partial charge on any atom is 0.108 e. The number of nitrogens with zero attached hydrogens (tertiary/aromatic N) is 1. The van der Waals surface area contributed by atoms with Crippen molar-refractivity contribution >= 4 is 0 Å². The van der Waals surface area contributed by atoms with Gasteiger partial charge in [-0.1, -0.05) is 30.0 Å². The zero-order valence-electron chi connectivity index (χ0n) is 11.9. The maximum absolute atomic E-state index is 5.70. The molecular formula is C17H23NO. The molecule has 1 atom stereocenters. The van der Waals surface area contributed by atoms with Crippen LogP contribution in [0, 0.1) is 11.8 Å². The highest BCUT2D eigenvalue weighted by molar-refractivity contribution is 5.33. The molecule has 0 amide bonds. The Morgan fingerprint density at radius 1 is 1.32 bits per heavy atom. The van der Waals surface area contributed by atoms with Gasteiger partial charge in [0.15, 0.2) is 0 Å². The van der Waals surface area contributed by atoms with E-state index in [0.717, 1.165) is 12.2 Å². The average Bonchev–Trinajstić information content (AvgIpc) is 2.88. The van der Waals surface area contributed by atoms with Gasteiger partial charge in [-0.3, -0.25) is 4.90 Å². The molecule has 2 nitrogen and oxygen atoms in total. The van der Waals surface area contributed by atoms with Gasteiger partial charge in [-0.15, -0.1) is 0 Å². The molecule has 2 heteroatoms. The van der Waals surface area contributed by atoms with Gasteiger partial charge in [0.1, 0.15) is 6.61 Å². The summed E-state index contributed by atoms with van der Waals surface area (Å²) in [5.41, 5.74) is 1.05. The summed E-state index contributed by atoms with van der Waals surface area (Å²) in [6.07, 6.45) is 2.55. The Hall–Kier alpha value is -1.30. The van der Waals surface area contributed by atoms with Crippen molar-refractivity contribution in [1.82, 2.24) is 4.90 Å². The highest BCUT2D eigenvalue weighted by atomic mass is 16.5. The second kappa shape index (κ2) is 7.33. The lowest BCUT2D eigenvalue weighted by molar-refractivity contribution is 0.0830. The molecule has 1 aliphatic heterocycles. The normalized spacial score (nSPS) is 19.4. The van der Waals surface area contributed by atoms with Crippen molar-refractivity contribution in [2.24, 2.45) is 0 Å². The van der Waals surface area contributed by atoms with E-state index in [2.05, 4.69) is 30.6 Å². The highest BCUT2D eigenvalue weighted by Gasteiger charge is 2.26. The second-order valence-corrected chi connectivity index (χ2v) is 5.31. The van der Waals surface area contributed by atoms with E-state index in [1.54, 1.807) is 0 Å². The summed E-state index contributed by atoms with van der Waals surface area (Å²) >= 11 is 0. The molecule has 0 aromatic heterocycles. The summed E-state index contributed by atoms with van der Waals surface area (Å²) in [4.78, 5) is 2.53. The largest absolute Gasteiger partial charge is 0.367 e. The fourth-order valence-corrected chi connectivity index (χ4v) is 2.62. The Labute approximate surface area is 116 Å². The van der Waals surface area contributed by atoms with Crippen molar-refractivity contribution in [3.8, 4) is 11.8 Å². The molecule has 1 saturated heterocycles. The number of rotatable bonds is 4. The van der Waals surface area contributed by atoms with Crippen molar-refractivity contribution < 1.29 is 4.74 Å². The van der Waals surface area contributed by atoms with Gasteiger partial charge in [0.2, 0.25) is 0 Å². The Bertz CT molecular complexity index is 430. The first-order chi connectivity index (χ1) is 9.27. The van der Waals surface area contributed by atoms with Crippen LogP contribution in [0.3, 0.4) is 0 Å². The molecule has 1 aliphatic rings. The van der Waals surface area contributed by atoms with E-state index in [-0.39, 0.29) is 0 Å². The summed E-state index contributed by atoms with van der Waals surface area (Å²) in [5.74, 6) is 6.19. The first kappa shape index (κ1) is 14.1. The van der Waals surface area contributed by atoms with Crippen molar-refractivity contribution in [2.75, 3.05) is 19.8 Å². The summed E-state index contributed by atoms with van der Waals surface area (Å²) in [7, 11) is 0. The summed E-state index contributed by atoms with van der Waals surface area (Å²) in [6, 6.07) is 11.2. The first-order valence-corrected chi connectivity index (χ1v) is 7.15. The van der Waals surface area contributed by atoms with Gasteiger partial charge < -0.3 is 4.74 Å². The van der Waals surface area contributed by atoms with E-state index >= 15 is 0 Å². The standard InChI is InChI=1S/C17H23NO/c1-15(2)18-12-6-11-17(18)14-19-13-7-10-16-8-4-3-5-9-16/h3-5,8-9,15,17H,6,11-14H2,1-2H3/t17-/m0/s1. The maximum atomic E-state index is 5.70. The highest BCUT2D eigenvalue weighted by Crippen LogP contribution is 2.19. The van der Waals surface area contributed by atoms with Crippen LogP contribution < -0.4 is 0 Å². The molecule has 0 N–H and O–H groups in total. The zero-order chi connectivity index (χ0) is 13.5. The lowest BCUT2D eigenvalue weighted by atomic mass is 10.2. The van der Waals surface area contributed by atoms with Gasteiger partial charge in [-0.05, 0) is 45.4 Å². The van der Waals surface area contributed by atoms with Crippen LogP contribution in [0.25, 0.3) is 0 Å². The summed E-state index contributed by atoms with van der Waals surface area (Å²) < 4.78 is 5.70. The topological polar surface area (TPSA) is 12.5 Å². The lowest BCUT2D eigenvalue weighted by Crippen LogP contribution is -2.38. The third-order valence-electron chi connectivity index (χ3n) is 3.58. The van der Waals surface area contributed by atoms with Crippen LogP contribution in [0.15, 0.2) is 30.3 Å². The summed E-state index contributed by atoms with van der Waals surface area (Å²) in [5, 5.41) is 0. The molecule has 0 radical (unpaired) electrons. The molecule has 1 aromatic rings. The SMILES string of the molecule is CC(C)N1CCC[C@H]1COCC#Cc1ccccc1. The average molecular weight is 257 g/mol. The Kier molecular flexibility index (Phi) is 5.44. The molecule has 0 spiro atoms. The van der Waals surface area contributed by atoms with Crippen LogP contribution in [-0.2, 0) is 4.74 Å². The van der Waals surface area contributed by atoms with Gasteiger partial charge in [-0.25, -0.2) is 0 Å². The quantitative estimate of drug-likeness (QED) is 0.607. The van der Waals surface area contributed by atoms with Crippen LogP contribution in [0.2, 0.25) is 0 Å². The fourth-order valence-electron chi connectivity index (χ4n) is 2.62. The molecule has 0 bridgehead atoms. The lowest BCUT2D eigenvalue weighted by Gasteiger charge is -2.27. The van der Waals surface area contributed by atoms with Gasteiger partial charge >= 0.3 is 0 Å². The molecular weight excluding hydrogens is 234 g/mol. The van der Waals surface area contributed by atoms with Gasteiger partial charge in [0, 0.05) is 17.6 Å². The monoisotopic (exact) mass is 257 g/mol. The second-order valence-electron chi connectivity index (χ2n) is 5.31. The number of hydrogen-bond donors (Lipinski definition) is 0. The minimum atomic E-state index is 0.525. The third kappa shape index (κ3) is 4.38. The van der Waals surface area contributed by atoms with E-state index in [1.807, 2.05) is 30.3 Å². The van der Waals surface area contributed by atoms with Crippen LogP contribution >= 0.6 is 0 Å². The van der Waals surface area contributed by atoms with Crippen LogP contribution in [0.4, 0.5) is 0 Å². The molecule has 0 saturated carbocycles. The fraction of sp³-hybridized carbons (Fsp3) is 0.529. The van der Waals surface area contributed by atoms with Crippen LogP contribution in [0.1, 0.15) is 32.3 Å². The molecule has 2 rings (SSSR count). The van der Waals surface area contributed by atoms with Crippen molar-refractivity contribution in [3.63, 3.8) is 0 Å². The smallest absolute Gasteiger partial charge is 0.108 e. The predicted octanol–water partition coefficient (Wildman–Crippen LogP) is 2.93. The minimum Gasteiger partial charge on any atom is -0.367 e. The zero-order valence-corrected chi connectivity index (χ0v) is 11.9. The van der Waals surface area contributed by atoms with Crippen molar-refractivity contribution in [2.45, 2.75) is 38.8 Å². The predicted molar refractivity (Wildman–Crippen MR) is 79.0 cm³/mol. The Balaban J connectivity index is 1.71. The van der Waals surface area contributed by atoms with Crippen LogP contribution in [0.5, 0.6) is 0 Å². The Morgan fingerprint density at radius 3 is 2.84 bits per heavy atom. The molecule has 1 aromatic carbocycles. The van der Waals surface area contributed by atoms with E-state index in [9.17, 15) is 0 Å². The van der Waals surface area contributed by atoms with E-state index in [4.69, 9.17) is 4.74 Å². The molecule has 102 valence electrons. The van der Waals surface area contributed by atoms with E-state index in [1.165, 1.54) is 19.4 Å². The van der Waals surface area contributed by atoms with E-state index < -0.39 is 0 Å². The molecule has 1 fully saturated rings. The summed E-state index contributed by atoms with van der Waals surface area (Å²) in [6.45, 7) is 7.06. The van der Waals surface area contributed by atoms with Gasteiger partial charge in [0.05, 0.1) is 6.61 Å². The molecule has 0 unspecified atom stereocenters. The minimum absolute atomic E-state index is 0.525. The van der Waals surface area contributed by atoms with Gasteiger partial charge in [0.25, 0.3) is 0 Å². The Morgan fingerprint density at radius 2 is 2.11 bits per heavy atom.